The molecule has 1 aromatic carbocycles. The van der Waals surface area contributed by atoms with Crippen LogP contribution in [0.2, 0.25) is 0 Å². The van der Waals surface area contributed by atoms with Crippen molar-refractivity contribution in [3.63, 3.8) is 0 Å². The van der Waals surface area contributed by atoms with Crippen molar-refractivity contribution in [2.75, 3.05) is 0 Å². The number of halogens is 1. The lowest BCUT2D eigenvalue weighted by Gasteiger charge is -2.33. The SMILES string of the molecule is C=C=C[C@]1(O)[C@H](n2ccc(=O)[nH]c2=O)O[C@]2(F)C(OP(=O)(NC(C)C(=O)OC(C)C)Oc3ccccc3)[C@@]21O. The Morgan fingerprint density at radius 1 is 1.28 bits per heavy atom. The lowest BCUT2D eigenvalue weighted by atomic mass is 9.92. The number of benzene rings is 1. The fourth-order valence-electron chi connectivity index (χ4n) is 4.27. The van der Waals surface area contributed by atoms with Crippen molar-refractivity contribution in [1.82, 2.24) is 14.6 Å². The maximum absolute atomic E-state index is 16.1. The van der Waals surface area contributed by atoms with E-state index in [1.54, 1.807) is 32.0 Å². The lowest BCUT2D eigenvalue weighted by molar-refractivity contribution is -0.170. The van der Waals surface area contributed by atoms with E-state index in [9.17, 15) is 29.2 Å². The molecule has 0 bridgehead atoms. The van der Waals surface area contributed by atoms with E-state index in [0.717, 1.165) is 18.3 Å². The number of carbonyl (C=O) groups is 1. The van der Waals surface area contributed by atoms with Crippen LogP contribution in [0, 0.1) is 0 Å². The number of H-pyrrole nitrogens is 1. The molecule has 1 aromatic heterocycles. The van der Waals surface area contributed by atoms with Crippen LogP contribution in [0.4, 0.5) is 4.39 Å². The monoisotopic (exact) mass is 567 g/mol. The van der Waals surface area contributed by atoms with Gasteiger partial charge in [-0.3, -0.25) is 23.7 Å². The van der Waals surface area contributed by atoms with Crippen molar-refractivity contribution in [1.29, 1.82) is 0 Å². The molecule has 4 rings (SSSR count). The Hall–Kier alpha value is -3.35. The van der Waals surface area contributed by atoms with Crippen molar-refractivity contribution in [3.05, 3.63) is 81.8 Å². The summed E-state index contributed by atoms with van der Waals surface area (Å²) >= 11 is 0. The van der Waals surface area contributed by atoms with E-state index >= 15 is 4.39 Å². The molecule has 1 saturated heterocycles. The Balaban J connectivity index is 1.69. The molecule has 1 aliphatic heterocycles. The van der Waals surface area contributed by atoms with Gasteiger partial charge in [-0.2, -0.15) is 5.09 Å². The van der Waals surface area contributed by atoms with E-state index in [2.05, 4.69) is 17.4 Å². The molecule has 0 radical (unpaired) electrons. The molecule has 0 amide bonds. The summed E-state index contributed by atoms with van der Waals surface area (Å²) in [6.45, 7) is 7.82. The highest BCUT2D eigenvalue weighted by Gasteiger charge is 2.96. The highest BCUT2D eigenvalue weighted by Crippen LogP contribution is 2.72. The van der Waals surface area contributed by atoms with E-state index in [1.807, 2.05) is 4.98 Å². The van der Waals surface area contributed by atoms with Gasteiger partial charge in [0.2, 0.25) is 0 Å². The second-order valence-electron chi connectivity index (χ2n) is 9.30. The molecule has 210 valence electrons. The van der Waals surface area contributed by atoms with Crippen LogP contribution >= 0.6 is 7.75 Å². The topological polar surface area (TPSA) is 178 Å². The molecule has 1 aliphatic carbocycles. The number of ether oxygens (including phenoxy) is 2. The van der Waals surface area contributed by atoms with Gasteiger partial charge in [0.1, 0.15) is 11.8 Å². The van der Waals surface area contributed by atoms with Gasteiger partial charge < -0.3 is 24.2 Å². The molecule has 13 nitrogen and oxygen atoms in total. The smallest absolute Gasteiger partial charge is 0.460 e. The van der Waals surface area contributed by atoms with Crippen LogP contribution in [0.15, 0.2) is 70.6 Å². The zero-order valence-electron chi connectivity index (χ0n) is 21.1. The molecule has 2 fully saturated rings. The van der Waals surface area contributed by atoms with Gasteiger partial charge in [0.05, 0.1) is 6.10 Å². The summed E-state index contributed by atoms with van der Waals surface area (Å²) < 4.78 is 51.9. The molecule has 2 heterocycles. The van der Waals surface area contributed by atoms with Crippen molar-refractivity contribution in [2.45, 2.75) is 62.3 Å². The number of nitrogens with zero attached hydrogens (tertiary/aromatic N) is 1. The van der Waals surface area contributed by atoms with Gasteiger partial charge in [0, 0.05) is 12.3 Å². The number of nitrogens with one attached hydrogen (secondary N) is 2. The van der Waals surface area contributed by atoms with Crippen LogP contribution < -0.4 is 20.9 Å². The molecule has 1 saturated carbocycles. The van der Waals surface area contributed by atoms with E-state index in [0.29, 0.717) is 4.57 Å². The minimum absolute atomic E-state index is 0.00306. The minimum atomic E-state index is -4.72. The van der Waals surface area contributed by atoms with Crippen LogP contribution in [0.25, 0.3) is 0 Å². The molecule has 39 heavy (non-hydrogen) atoms. The number of hydrogen-bond acceptors (Lipinski definition) is 10. The third-order valence-corrected chi connectivity index (χ3v) is 7.76. The van der Waals surface area contributed by atoms with Gasteiger partial charge in [0.15, 0.2) is 23.5 Å². The van der Waals surface area contributed by atoms with Gasteiger partial charge in [-0.15, -0.1) is 5.73 Å². The largest absolute Gasteiger partial charge is 0.462 e. The van der Waals surface area contributed by atoms with Gasteiger partial charge in [-0.25, -0.2) is 13.8 Å². The number of alkyl halides is 1. The molecule has 2 aliphatic rings. The van der Waals surface area contributed by atoms with Crippen LogP contribution in [0.5, 0.6) is 5.75 Å². The maximum Gasteiger partial charge on any atom is 0.460 e. The van der Waals surface area contributed by atoms with Crippen LogP contribution in [-0.4, -0.2) is 61.0 Å². The molecule has 3 unspecified atom stereocenters. The first-order valence-electron chi connectivity index (χ1n) is 11.7. The van der Waals surface area contributed by atoms with E-state index in [-0.39, 0.29) is 5.75 Å². The first-order valence-corrected chi connectivity index (χ1v) is 13.3. The first kappa shape index (κ1) is 28.7. The highest BCUT2D eigenvalue weighted by atomic mass is 31.2. The van der Waals surface area contributed by atoms with Crippen LogP contribution in [0.3, 0.4) is 0 Å². The Kier molecular flexibility index (Phi) is 7.34. The van der Waals surface area contributed by atoms with Crippen LogP contribution in [-0.2, 0) is 23.4 Å². The second kappa shape index (κ2) is 10.00. The number of carbonyl (C=O) groups excluding carboxylic acids is 1. The standard InChI is InChI=1S/C24H27FN3O10P/c1-5-12-22(32)20(28-13-11-17(29)26-21(28)31)36-24(25)19(23(22,24)33)38-39(34,37-16-9-7-6-8-10-16)27-15(4)18(30)35-14(2)3/h6-15,19-20,32-33H,1H2,2-4H3,(H,27,34)(H,26,29,31)/t15?,19?,20-,22+,23+,24-,39?/m1/s1. The fraction of sp³-hybridized carbons (Fsp3) is 0.417. The van der Waals surface area contributed by atoms with Crippen molar-refractivity contribution in [3.8, 4) is 5.75 Å². The third kappa shape index (κ3) is 4.81. The predicted octanol–water partition coefficient (Wildman–Crippen LogP) is 1.05. The summed E-state index contributed by atoms with van der Waals surface area (Å²) in [6.07, 6.45) is -2.91. The summed E-state index contributed by atoms with van der Waals surface area (Å²) in [5, 5.41) is 25.1. The number of para-hydroxylation sites is 1. The maximum atomic E-state index is 16.1. The third-order valence-electron chi connectivity index (χ3n) is 6.12. The molecule has 7 atom stereocenters. The molecule has 0 spiro atoms. The quantitative estimate of drug-likeness (QED) is 0.183. The Morgan fingerprint density at radius 2 is 1.95 bits per heavy atom. The summed E-state index contributed by atoms with van der Waals surface area (Å²) in [5.74, 6) is -4.06. The number of aliphatic hydroxyl groups is 2. The average Bonchev–Trinajstić information content (AvgIpc) is 3.23. The Morgan fingerprint density at radius 3 is 2.54 bits per heavy atom. The van der Waals surface area contributed by atoms with Gasteiger partial charge in [0.25, 0.3) is 11.4 Å². The summed E-state index contributed by atoms with van der Waals surface area (Å²) in [6, 6.07) is 7.20. The van der Waals surface area contributed by atoms with E-state index in [1.165, 1.54) is 19.1 Å². The summed E-state index contributed by atoms with van der Waals surface area (Å²) in [4.78, 5) is 38.1. The Labute approximate surface area is 221 Å². The fourth-order valence-corrected chi connectivity index (χ4v) is 5.97. The van der Waals surface area contributed by atoms with Crippen molar-refractivity contribution in [2.24, 2.45) is 0 Å². The number of aromatic amines is 1. The average molecular weight is 567 g/mol. The number of esters is 1. The molecule has 4 N–H and O–H groups in total. The van der Waals surface area contributed by atoms with E-state index in [4.69, 9.17) is 18.5 Å². The number of aromatic nitrogens is 2. The molecule has 2 aromatic rings. The number of fused-ring (bicyclic) bond motifs is 1. The Bertz CT molecular complexity index is 1470. The zero-order valence-corrected chi connectivity index (χ0v) is 22.0. The first-order chi connectivity index (χ1) is 18.2. The second-order valence-corrected chi connectivity index (χ2v) is 10.9. The number of rotatable bonds is 10. The zero-order chi connectivity index (χ0) is 28.8. The summed E-state index contributed by atoms with van der Waals surface area (Å²) in [5.41, 5.74) is -5.37. The van der Waals surface area contributed by atoms with E-state index < -0.39 is 66.5 Å². The highest BCUT2D eigenvalue weighted by molar-refractivity contribution is 7.52. The van der Waals surface area contributed by atoms with Gasteiger partial charge in [-0.1, -0.05) is 24.8 Å². The summed E-state index contributed by atoms with van der Waals surface area (Å²) in [7, 11) is -4.72. The van der Waals surface area contributed by atoms with Gasteiger partial charge in [-0.05, 0) is 39.0 Å². The van der Waals surface area contributed by atoms with Crippen molar-refractivity contribution >= 4 is 13.7 Å². The normalized spacial score (nSPS) is 31.5. The van der Waals surface area contributed by atoms with Crippen molar-refractivity contribution < 1.29 is 42.5 Å². The molecular formula is C24H27FN3O10P. The van der Waals surface area contributed by atoms with Gasteiger partial charge >= 0.3 is 19.4 Å². The number of hydrogen-bond donors (Lipinski definition) is 4. The molecule has 15 heteroatoms. The predicted molar refractivity (Wildman–Crippen MR) is 132 cm³/mol. The minimum Gasteiger partial charge on any atom is -0.462 e. The molecular weight excluding hydrogens is 540 g/mol. The van der Waals surface area contributed by atoms with Crippen LogP contribution in [0.1, 0.15) is 27.0 Å². The lowest BCUT2D eigenvalue weighted by Crippen LogP contribution is -2.52.